The van der Waals surface area contributed by atoms with Crippen molar-refractivity contribution in [2.45, 2.75) is 13.5 Å². The number of carboxylic acid groups (broad SMARTS) is 1. The molecule has 1 saturated heterocycles. The summed E-state index contributed by atoms with van der Waals surface area (Å²) in [6.45, 7) is 2.77. The van der Waals surface area contributed by atoms with Crippen LogP contribution < -0.4 is 9.47 Å². The summed E-state index contributed by atoms with van der Waals surface area (Å²) in [6.07, 6.45) is 1.86. The van der Waals surface area contributed by atoms with Crippen LogP contribution in [0.15, 0.2) is 76.6 Å². The highest BCUT2D eigenvalue weighted by Gasteiger charge is 2.32. The fraction of sp³-hybridized carbons (Fsp3) is 0.148. The monoisotopic (exact) mass is 614 g/mol. The Morgan fingerprint density at radius 3 is 2.44 bits per heavy atom. The fourth-order valence-corrected chi connectivity index (χ4v) is 5.17. The molecule has 1 aliphatic heterocycles. The van der Waals surface area contributed by atoms with Gasteiger partial charge in [-0.25, -0.2) is 9.79 Å². The summed E-state index contributed by atoms with van der Waals surface area (Å²) < 4.78 is 12.0. The Bertz CT molecular complexity index is 1340. The molecule has 0 atom stereocenters. The lowest BCUT2D eigenvalue weighted by molar-refractivity contribution is -0.122. The summed E-state index contributed by atoms with van der Waals surface area (Å²) >= 11 is 3.56. The normalized spacial score (nSPS) is 15.5. The van der Waals surface area contributed by atoms with Crippen LogP contribution in [0.1, 0.15) is 28.4 Å². The average molecular weight is 614 g/mol. The second-order valence-electron chi connectivity index (χ2n) is 7.73. The third kappa shape index (κ3) is 6.08. The number of methoxy groups -OCH3 is 1. The van der Waals surface area contributed by atoms with Gasteiger partial charge in [0.1, 0.15) is 18.1 Å². The first-order valence-corrected chi connectivity index (χ1v) is 13.0. The third-order valence-corrected chi connectivity index (χ3v) is 7.20. The van der Waals surface area contributed by atoms with Crippen LogP contribution in [0.2, 0.25) is 0 Å². The average Bonchev–Trinajstić information content (AvgIpc) is 3.17. The van der Waals surface area contributed by atoms with Crippen LogP contribution in [-0.4, -0.2) is 40.7 Å². The molecule has 1 amide bonds. The molecular weight excluding hydrogens is 591 g/mol. The summed E-state index contributed by atoms with van der Waals surface area (Å²) in [6, 6.07) is 19.7. The molecule has 1 N–H and O–H groups in total. The summed E-state index contributed by atoms with van der Waals surface area (Å²) in [5.74, 6) is 0.430. The molecule has 4 rings (SSSR count). The first-order valence-electron chi connectivity index (χ1n) is 11.1. The molecule has 1 fully saturated rings. The number of hydrogen-bond acceptors (Lipinski definition) is 6. The largest absolute Gasteiger partial charge is 0.497 e. The van der Waals surface area contributed by atoms with E-state index in [4.69, 9.17) is 14.6 Å². The lowest BCUT2D eigenvalue weighted by atomic mass is 10.1. The van der Waals surface area contributed by atoms with E-state index in [1.807, 2.05) is 55.5 Å². The van der Waals surface area contributed by atoms with Crippen molar-refractivity contribution in [3.63, 3.8) is 0 Å². The van der Waals surface area contributed by atoms with Crippen LogP contribution in [0.4, 0.5) is 5.69 Å². The van der Waals surface area contributed by atoms with Crippen molar-refractivity contribution in [2.75, 3.05) is 13.7 Å². The van der Waals surface area contributed by atoms with Crippen molar-refractivity contribution < 1.29 is 24.2 Å². The van der Waals surface area contributed by atoms with Gasteiger partial charge in [0.2, 0.25) is 0 Å². The number of aliphatic imine (C=N–C) groups is 1. The molecule has 0 bridgehead atoms. The maximum atomic E-state index is 13.0. The number of carbonyl (C=O) groups is 2. The van der Waals surface area contributed by atoms with Crippen molar-refractivity contribution in [1.29, 1.82) is 0 Å². The van der Waals surface area contributed by atoms with Crippen LogP contribution in [0.25, 0.3) is 6.08 Å². The number of halogens is 1. The highest BCUT2D eigenvalue weighted by atomic mass is 127. The van der Waals surface area contributed by atoms with Gasteiger partial charge in [-0.05, 0) is 107 Å². The first kappa shape index (κ1) is 25.8. The second kappa shape index (κ2) is 11.6. The topological polar surface area (TPSA) is 88.4 Å². The number of carbonyl (C=O) groups excluding carboxylic acids is 1. The number of thioether (sulfide) groups is 1. The molecule has 1 heterocycles. The maximum absolute atomic E-state index is 13.0. The Morgan fingerprint density at radius 2 is 1.83 bits per heavy atom. The van der Waals surface area contributed by atoms with E-state index in [1.165, 1.54) is 11.8 Å². The number of likely N-dealkylation sites (N-methyl/N-ethyl adjacent to an activating group) is 1. The minimum Gasteiger partial charge on any atom is -0.497 e. The van der Waals surface area contributed by atoms with Gasteiger partial charge in [0.25, 0.3) is 5.91 Å². The zero-order valence-electron chi connectivity index (χ0n) is 19.6. The Morgan fingerprint density at radius 1 is 1.11 bits per heavy atom. The van der Waals surface area contributed by atoms with E-state index in [-0.39, 0.29) is 11.5 Å². The molecule has 7 nitrogen and oxygen atoms in total. The molecule has 3 aromatic rings. The molecule has 0 spiro atoms. The summed E-state index contributed by atoms with van der Waals surface area (Å²) in [7, 11) is 1.61. The quantitative estimate of drug-likeness (QED) is 0.240. The second-order valence-corrected chi connectivity index (χ2v) is 9.90. The number of rotatable bonds is 8. The predicted molar refractivity (Wildman–Crippen MR) is 150 cm³/mol. The SMILES string of the molecule is CCN1C(=O)/C(=C\c2ccc(OCc3ccc(C(=O)O)cc3)c(I)c2)SC1=Nc1ccc(OC)cc1. The zero-order chi connectivity index (χ0) is 25.7. The van der Waals surface area contributed by atoms with Gasteiger partial charge < -0.3 is 14.6 Å². The molecule has 36 heavy (non-hydrogen) atoms. The third-order valence-electron chi connectivity index (χ3n) is 5.35. The molecule has 0 aliphatic carbocycles. The smallest absolute Gasteiger partial charge is 0.335 e. The molecule has 0 unspecified atom stereocenters. The summed E-state index contributed by atoms with van der Waals surface area (Å²) in [5, 5.41) is 9.66. The number of benzene rings is 3. The molecule has 9 heteroatoms. The maximum Gasteiger partial charge on any atom is 0.335 e. The molecule has 1 aliphatic rings. The van der Waals surface area contributed by atoms with Gasteiger partial charge in [-0.15, -0.1) is 0 Å². The van der Waals surface area contributed by atoms with Gasteiger partial charge in [-0.2, -0.15) is 0 Å². The number of hydrogen-bond donors (Lipinski definition) is 1. The Labute approximate surface area is 227 Å². The van der Waals surface area contributed by atoms with E-state index in [0.717, 1.165) is 26.1 Å². The van der Waals surface area contributed by atoms with Gasteiger partial charge in [0.05, 0.1) is 26.8 Å². The standard InChI is InChI=1S/C27H23IN2O5S/c1-3-30-25(31)24(36-27(30)29-20-9-11-21(34-2)12-10-20)15-18-6-13-23(22(28)14-18)35-16-17-4-7-19(8-5-17)26(32)33/h4-15H,3,16H2,1-2H3,(H,32,33)/b24-15+,29-27?. The molecule has 3 aromatic carbocycles. The van der Waals surface area contributed by atoms with E-state index < -0.39 is 5.97 Å². The number of aromatic carboxylic acids is 1. The minimum atomic E-state index is -0.957. The van der Waals surface area contributed by atoms with E-state index in [9.17, 15) is 9.59 Å². The van der Waals surface area contributed by atoms with E-state index in [1.54, 1.807) is 36.3 Å². The number of amides is 1. The minimum absolute atomic E-state index is 0.0742. The Balaban J connectivity index is 1.47. The van der Waals surface area contributed by atoms with Crippen molar-refractivity contribution in [2.24, 2.45) is 4.99 Å². The van der Waals surface area contributed by atoms with Crippen LogP contribution in [-0.2, 0) is 11.4 Å². The van der Waals surface area contributed by atoms with Crippen molar-refractivity contribution in [3.05, 3.63) is 91.9 Å². The Kier molecular flexibility index (Phi) is 8.32. The number of amidine groups is 1. The van der Waals surface area contributed by atoms with E-state index in [2.05, 4.69) is 27.6 Å². The molecular formula is C27H23IN2O5S. The van der Waals surface area contributed by atoms with Crippen LogP contribution in [0.5, 0.6) is 11.5 Å². The lowest BCUT2D eigenvalue weighted by Gasteiger charge is -2.12. The fourth-order valence-electron chi connectivity index (χ4n) is 3.42. The van der Waals surface area contributed by atoms with E-state index >= 15 is 0 Å². The van der Waals surface area contributed by atoms with Gasteiger partial charge >= 0.3 is 5.97 Å². The zero-order valence-corrected chi connectivity index (χ0v) is 22.6. The van der Waals surface area contributed by atoms with Crippen molar-refractivity contribution in [3.8, 4) is 11.5 Å². The highest BCUT2D eigenvalue weighted by Crippen LogP contribution is 2.35. The first-order chi connectivity index (χ1) is 17.4. The van der Waals surface area contributed by atoms with E-state index in [0.29, 0.717) is 29.0 Å². The number of ether oxygens (including phenoxy) is 2. The van der Waals surface area contributed by atoms with Crippen LogP contribution >= 0.6 is 34.4 Å². The van der Waals surface area contributed by atoms with Crippen LogP contribution in [0.3, 0.4) is 0 Å². The number of nitrogens with zero attached hydrogens (tertiary/aromatic N) is 2. The molecule has 0 aromatic heterocycles. The molecule has 0 saturated carbocycles. The van der Waals surface area contributed by atoms with Crippen molar-refractivity contribution in [1.82, 2.24) is 4.90 Å². The van der Waals surface area contributed by atoms with Gasteiger partial charge in [0.15, 0.2) is 5.17 Å². The predicted octanol–water partition coefficient (Wildman–Crippen LogP) is 6.20. The lowest BCUT2D eigenvalue weighted by Crippen LogP contribution is -2.28. The van der Waals surface area contributed by atoms with Crippen LogP contribution in [0, 0.1) is 3.57 Å². The summed E-state index contributed by atoms with van der Waals surface area (Å²) in [4.78, 5) is 30.9. The Hall–Kier alpha value is -3.31. The highest BCUT2D eigenvalue weighted by molar-refractivity contribution is 14.1. The summed E-state index contributed by atoms with van der Waals surface area (Å²) in [5.41, 5.74) is 2.75. The number of carboxylic acids is 1. The van der Waals surface area contributed by atoms with Gasteiger partial charge in [-0.3, -0.25) is 9.69 Å². The van der Waals surface area contributed by atoms with Gasteiger partial charge in [-0.1, -0.05) is 18.2 Å². The van der Waals surface area contributed by atoms with Gasteiger partial charge in [0, 0.05) is 6.54 Å². The molecule has 0 radical (unpaired) electrons. The van der Waals surface area contributed by atoms with Crippen molar-refractivity contribution >= 4 is 63.2 Å². The molecule has 184 valence electrons.